The van der Waals surface area contributed by atoms with E-state index in [0.29, 0.717) is 25.7 Å². The molecule has 98 heavy (non-hydrogen) atoms. The second-order valence-corrected chi connectivity index (χ2v) is 27.0. The molecule has 0 aliphatic rings. The Labute approximate surface area is 592 Å². The third-order valence-electron chi connectivity index (χ3n) is 14.8. The maximum atomic E-state index is 13.1. The van der Waals surface area contributed by atoms with Crippen LogP contribution >= 0.6 is 15.6 Å². The number of aliphatic hydroxyl groups excluding tert-OH is 1. The van der Waals surface area contributed by atoms with Crippen molar-refractivity contribution in [3.8, 4) is 0 Å². The van der Waals surface area contributed by atoms with Crippen LogP contribution in [0.2, 0.25) is 0 Å². The summed E-state index contributed by atoms with van der Waals surface area (Å²) in [4.78, 5) is 72.7. The van der Waals surface area contributed by atoms with Crippen molar-refractivity contribution in [1.82, 2.24) is 0 Å². The molecule has 0 bridgehead atoms. The van der Waals surface area contributed by atoms with Gasteiger partial charge >= 0.3 is 39.5 Å². The summed E-state index contributed by atoms with van der Waals surface area (Å²) in [6, 6.07) is 0. The summed E-state index contributed by atoms with van der Waals surface area (Å²) in [5.74, 6) is -2.39. The first-order valence-corrected chi connectivity index (χ1v) is 40.1. The third kappa shape index (κ3) is 69.4. The number of hydrogen-bond donors (Lipinski definition) is 3. The summed E-state index contributed by atoms with van der Waals surface area (Å²) in [5, 5.41) is 10.6. The van der Waals surface area contributed by atoms with Crippen LogP contribution in [0.4, 0.5) is 0 Å². The van der Waals surface area contributed by atoms with Crippen LogP contribution in [0.1, 0.15) is 272 Å². The largest absolute Gasteiger partial charge is 0.472 e. The Bertz CT molecular complexity index is 2430. The SMILES string of the molecule is CC/C=C\C/C=C\C/C=C\C/C=C\C/C=C\CC(=O)OCC(COP(=O)(O)OCC(O)COP(=O)(O)OCC(COC(=O)CCCCCC/C=C\C/C=C\C/C=C\C/C=C\CC)OC(=O)CCCCCCC/C=C\CCCC)OC(=O)CCCCCCC/C=C\C/C=C\CCCCC. The molecule has 0 aromatic rings. The van der Waals surface area contributed by atoms with Gasteiger partial charge in [0.15, 0.2) is 12.2 Å². The second kappa shape index (κ2) is 70.4. The Balaban J connectivity index is 5.44. The number of ether oxygens (including phenoxy) is 4. The van der Waals surface area contributed by atoms with Gasteiger partial charge in [0.05, 0.1) is 32.8 Å². The molecule has 0 aromatic carbocycles. The van der Waals surface area contributed by atoms with E-state index in [-0.39, 0.29) is 25.7 Å². The molecule has 0 heterocycles. The number of hydrogen-bond acceptors (Lipinski definition) is 15. The molecular formula is C79H130O17P2. The first-order valence-electron chi connectivity index (χ1n) is 37.1. The molecule has 0 saturated heterocycles. The molecule has 558 valence electrons. The predicted molar refractivity (Wildman–Crippen MR) is 399 cm³/mol. The lowest BCUT2D eigenvalue weighted by molar-refractivity contribution is -0.161. The van der Waals surface area contributed by atoms with Gasteiger partial charge in [0.1, 0.15) is 19.3 Å². The minimum atomic E-state index is -5.00. The Hall–Kier alpha value is -5.06. The minimum Gasteiger partial charge on any atom is -0.462 e. The van der Waals surface area contributed by atoms with E-state index >= 15 is 0 Å². The molecule has 0 radical (unpaired) electrons. The Kier molecular flexibility index (Phi) is 66.7. The quantitative estimate of drug-likeness (QED) is 0.0169. The molecule has 0 saturated carbocycles. The first kappa shape index (κ1) is 92.9. The number of phosphoric ester groups is 2. The number of rotatable bonds is 68. The van der Waals surface area contributed by atoms with Crippen molar-refractivity contribution in [2.45, 2.75) is 290 Å². The third-order valence-corrected chi connectivity index (χ3v) is 16.7. The van der Waals surface area contributed by atoms with E-state index in [1.165, 1.54) is 32.1 Å². The smallest absolute Gasteiger partial charge is 0.462 e. The summed E-state index contributed by atoms with van der Waals surface area (Å²) >= 11 is 0. The number of aliphatic hydroxyl groups is 1. The van der Waals surface area contributed by atoms with Crippen LogP contribution in [0.3, 0.4) is 0 Å². The van der Waals surface area contributed by atoms with E-state index in [1.54, 1.807) is 6.08 Å². The van der Waals surface area contributed by atoms with E-state index in [2.05, 4.69) is 149 Å². The van der Waals surface area contributed by atoms with Gasteiger partial charge in [0, 0.05) is 19.3 Å². The highest BCUT2D eigenvalue weighted by Crippen LogP contribution is 2.45. The van der Waals surface area contributed by atoms with E-state index in [1.807, 2.05) is 18.2 Å². The summed E-state index contributed by atoms with van der Waals surface area (Å²) < 4.78 is 68.2. The van der Waals surface area contributed by atoms with Crippen molar-refractivity contribution < 1.29 is 80.2 Å². The van der Waals surface area contributed by atoms with Gasteiger partial charge in [-0.3, -0.25) is 37.3 Å². The molecule has 0 aromatic heterocycles. The molecule has 0 aliphatic carbocycles. The molecule has 0 fully saturated rings. The zero-order valence-corrected chi connectivity index (χ0v) is 62.4. The molecule has 0 aliphatic heterocycles. The van der Waals surface area contributed by atoms with Gasteiger partial charge in [0.25, 0.3) is 0 Å². The maximum absolute atomic E-state index is 13.1. The highest BCUT2D eigenvalue weighted by Gasteiger charge is 2.30. The van der Waals surface area contributed by atoms with Crippen LogP contribution < -0.4 is 0 Å². The van der Waals surface area contributed by atoms with Gasteiger partial charge in [-0.2, -0.15) is 0 Å². The topological polar surface area (TPSA) is 237 Å². The van der Waals surface area contributed by atoms with Crippen LogP contribution in [-0.4, -0.2) is 96.7 Å². The Morgan fingerprint density at radius 3 is 0.949 bits per heavy atom. The lowest BCUT2D eigenvalue weighted by Crippen LogP contribution is -2.30. The lowest BCUT2D eigenvalue weighted by atomic mass is 10.1. The zero-order chi connectivity index (χ0) is 71.8. The maximum Gasteiger partial charge on any atom is 0.472 e. The first-order chi connectivity index (χ1) is 47.7. The van der Waals surface area contributed by atoms with Crippen molar-refractivity contribution in [3.05, 3.63) is 146 Å². The van der Waals surface area contributed by atoms with Crippen LogP contribution in [-0.2, 0) is 65.4 Å². The summed E-state index contributed by atoms with van der Waals surface area (Å²) in [7, 11) is -9.99. The van der Waals surface area contributed by atoms with Gasteiger partial charge in [-0.15, -0.1) is 0 Å². The number of esters is 4. The Morgan fingerprint density at radius 1 is 0.306 bits per heavy atom. The molecule has 5 unspecified atom stereocenters. The van der Waals surface area contributed by atoms with Crippen molar-refractivity contribution in [3.63, 3.8) is 0 Å². The average Bonchev–Trinajstić information content (AvgIpc) is 0.982. The summed E-state index contributed by atoms with van der Waals surface area (Å²) in [5.41, 5.74) is 0. The number of allylic oxidation sites excluding steroid dienone is 23. The van der Waals surface area contributed by atoms with Gasteiger partial charge in [-0.05, 0) is 141 Å². The standard InChI is InChI=1S/C79H130O17P2/c1-5-9-13-17-21-25-29-32-35-36-39-41-45-48-52-56-60-64-77(82)89-69-74(95-78(83)65-61-57-53-49-43-28-24-20-16-12-8-4)71-93-97(85,86)91-67-73(80)68-92-98(87,88)94-72-75(96-79(84)66-62-58-54-50-46-42-38-34-31-27-23-19-15-11-7-3)70-90-76(81)63-59-55-51-47-44-40-37-33-30-26-22-18-14-10-6-2/h9-10,13-14,20-27,32-35,37-39,41,44,47,55,59,73-75,80H,5-8,11-12,15-19,28-31,36,40,42-43,45-46,48-54,56-58,60-72H2,1-4H3,(H,85,86)(H,87,88)/b13-9-,14-10-,24-20-,25-21-,26-22-,27-23-,35-32-,37-33-,38-34-,41-39-,47-44-,59-55-. The molecule has 19 heteroatoms. The number of unbranched alkanes of at least 4 members (excludes halogenated alkanes) is 19. The molecule has 3 N–H and O–H groups in total. The van der Waals surface area contributed by atoms with Crippen LogP contribution in [0, 0.1) is 0 Å². The van der Waals surface area contributed by atoms with Crippen molar-refractivity contribution in [1.29, 1.82) is 0 Å². The highest BCUT2D eigenvalue weighted by molar-refractivity contribution is 7.47. The van der Waals surface area contributed by atoms with Crippen LogP contribution in [0.15, 0.2) is 146 Å². The summed E-state index contributed by atoms with van der Waals surface area (Å²) in [6.45, 7) is 4.38. The van der Waals surface area contributed by atoms with Crippen molar-refractivity contribution in [2.75, 3.05) is 39.6 Å². The van der Waals surface area contributed by atoms with Crippen molar-refractivity contribution >= 4 is 39.5 Å². The van der Waals surface area contributed by atoms with Gasteiger partial charge < -0.3 is 33.8 Å². The molecule has 5 atom stereocenters. The number of carbonyl (C=O) groups is 4. The molecule has 0 spiro atoms. The predicted octanol–water partition coefficient (Wildman–Crippen LogP) is 21.1. The fourth-order valence-corrected chi connectivity index (χ4v) is 10.8. The second-order valence-electron chi connectivity index (χ2n) is 24.1. The molecular weight excluding hydrogens is 1280 g/mol. The zero-order valence-electron chi connectivity index (χ0n) is 60.7. The fraction of sp³-hybridized carbons (Fsp3) is 0.646. The van der Waals surface area contributed by atoms with Gasteiger partial charge in [-0.1, -0.05) is 251 Å². The normalized spacial score (nSPS) is 14.8. The van der Waals surface area contributed by atoms with Crippen LogP contribution in [0.5, 0.6) is 0 Å². The van der Waals surface area contributed by atoms with Crippen LogP contribution in [0.25, 0.3) is 0 Å². The number of phosphoric acid groups is 2. The number of carbonyl (C=O) groups excluding carboxylic acids is 4. The van der Waals surface area contributed by atoms with Crippen molar-refractivity contribution in [2.24, 2.45) is 0 Å². The van der Waals surface area contributed by atoms with E-state index in [9.17, 15) is 43.2 Å². The highest BCUT2D eigenvalue weighted by atomic mass is 31.2. The molecule has 0 rings (SSSR count). The molecule has 0 amide bonds. The monoisotopic (exact) mass is 1410 g/mol. The van der Waals surface area contributed by atoms with Gasteiger partial charge in [0.2, 0.25) is 0 Å². The summed E-state index contributed by atoms with van der Waals surface area (Å²) in [6.07, 6.45) is 78.8. The lowest BCUT2D eigenvalue weighted by Gasteiger charge is -2.21. The Morgan fingerprint density at radius 2 is 0.582 bits per heavy atom. The van der Waals surface area contributed by atoms with E-state index < -0.39 is 97.5 Å². The van der Waals surface area contributed by atoms with Gasteiger partial charge in [-0.25, -0.2) is 9.13 Å². The average molecular weight is 1410 g/mol. The fourth-order valence-electron chi connectivity index (χ4n) is 9.18. The minimum absolute atomic E-state index is 0.0550. The van der Waals surface area contributed by atoms with E-state index in [0.717, 1.165) is 161 Å². The van der Waals surface area contributed by atoms with E-state index in [4.69, 9.17) is 37.0 Å². The molecule has 17 nitrogen and oxygen atoms in total.